The molecule has 2 rings (SSSR count). The maximum atomic E-state index is 13.7. The minimum absolute atomic E-state index is 0.195. The number of rotatable bonds is 3. The van der Waals surface area contributed by atoms with Crippen molar-refractivity contribution in [3.05, 3.63) is 12.2 Å². The van der Waals surface area contributed by atoms with Crippen LogP contribution in [0.25, 0.3) is 0 Å². The zero-order valence-corrected chi connectivity index (χ0v) is 14.1. The van der Waals surface area contributed by atoms with Crippen LogP contribution in [0, 0.1) is 0 Å². The largest absolute Gasteiger partial charge is 0.420 e. The first-order chi connectivity index (χ1) is 9.34. The fraction of sp³-hybridized carbons (Fsp3) is 0.846. The molecule has 2 heterocycles. The summed E-state index contributed by atoms with van der Waals surface area (Å²) < 4.78 is 52.3. The van der Waals surface area contributed by atoms with Crippen LogP contribution in [0.4, 0.5) is 13.2 Å². The van der Waals surface area contributed by atoms with Crippen molar-refractivity contribution in [1.29, 1.82) is 0 Å². The van der Waals surface area contributed by atoms with Crippen molar-refractivity contribution in [1.82, 2.24) is 0 Å². The van der Waals surface area contributed by atoms with E-state index in [1.54, 1.807) is 6.92 Å². The van der Waals surface area contributed by atoms with Gasteiger partial charge in [0.1, 0.15) is 0 Å². The highest BCUT2D eigenvalue weighted by molar-refractivity contribution is 6.85. The third kappa shape index (κ3) is 3.55. The summed E-state index contributed by atoms with van der Waals surface area (Å²) in [6, 6.07) is 1.07. The topological polar surface area (TPSA) is 18.5 Å². The van der Waals surface area contributed by atoms with Crippen molar-refractivity contribution < 1.29 is 22.0 Å². The zero-order chi connectivity index (χ0) is 14.8. The summed E-state index contributed by atoms with van der Waals surface area (Å²) in [5.41, 5.74) is 0.914. The predicted octanol–water partition coefficient (Wildman–Crippen LogP) is 3.86. The molecule has 2 aliphatic heterocycles. The zero-order valence-electron chi connectivity index (χ0n) is 12.0. The molecule has 20 heavy (non-hydrogen) atoms. The third-order valence-corrected chi connectivity index (χ3v) is 13.5. The van der Waals surface area contributed by atoms with Crippen LogP contribution in [-0.4, -0.2) is 35.9 Å². The summed E-state index contributed by atoms with van der Waals surface area (Å²) in [5.74, 6) is -4.19. The molecular formula is C13H23F3O2Si2. The van der Waals surface area contributed by atoms with Gasteiger partial charge >= 0.3 is 14.1 Å². The van der Waals surface area contributed by atoms with E-state index in [9.17, 15) is 13.2 Å². The Morgan fingerprint density at radius 1 is 1.35 bits per heavy atom. The van der Waals surface area contributed by atoms with Gasteiger partial charge in [-0.3, -0.25) is 0 Å². The maximum Gasteiger partial charge on any atom is 0.388 e. The molecular weight excluding hydrogens is 301 g/mol. The second-order valence-corrected chi connectivity index (χ2v) is 13.1. The number of alkyl halides is 3. The van der Waals surface area contributed by atoms with E-state index in [0.29, 0.717) is 19.4 Å². The summed E-state index contributed by atoms with van der Waals surface area (Å²) in [6.07, 6.45) is 2.87. The van der Waals surface area contributed by atoms with Gasteiger partial charge in [0.2, 0.25) is 0 Å². The molecule has 3 atom stereocenters. The van der Waals surface area contributed by atoms with E-state index in [4.69, 9.17) is 8.85 Å². The molecule has 3 unspecified atom stereocenters. The Morgan fingerprint density at radius 3 is 2.65 bits per heavy atom. The van der Waals surface area contributed by atoms with Crippen LogP contribution in [0.3, 0.4) is 0 Å². The Kier molecular flexibility index (Phi) is 5.15. The van der Waals surface area contributed by atoms with E-state index in [2.05, 4.69) is 6.58 Å². The molecule has 0 aliphatic carbocycles. The molecule has 0 aromatic carbocycles. The highest BCUT2D eigenvalue weighted by Gasteiger charge is 2.62. The Morgan fingerprint density at radius 2 is 2.10 bits per heavy atom. The van der Waals surface area contributed by atoms with Gasteiger partial charge in [-0.05, 0) is 37.5 Å². The molecule has 0 spiro atoms. The van der Waals surface area contributed by atoms with Crippen molar-refractivity contribution in [3.8, 4) is 0 Å². The molecule has 116 valence electrons. The van der Waals surface area contributed by atoms with Gasteiger partial charge in [0.15, 0.2) is 9.04 Å². The van der Waals surface area contributed by atoms with Crippen LogP contribution in [-0.2, 0) is 8.85 Å². The lowest BCUT2D eigenvalue weighted by atomic mass is 10.1. The quantitative estimate of drug-likeness (QED) is 0.580. The lowest BCUT2D eigenvalue weighted by Gasteiger charge is -2.42. The van der Waals surface area contributed by atoms with Crippen LogP contribution in [0.15, 0.2) is 12.2 Å². The highest BCUT2D eigenvalue weighted by atomic mass is 28.4. The average molecular weight is 324 g/mol. The van der Waals surface area contributed by atoms with E-state index in [1.165, 1.54) is 0 Å². The van der Waals surface area contributed by atoms with Crippen molar-refractivity contribution in [2.45, 2.75) is 62.3 Å². The van der Waals surface area contributed by atoms with Gasteiger partial charge in [-0.2, -0.15) is 13.2 Å². The molecule has 2 saturated heterocycles. The summed E-state index contributed by atoms with van der Waals surface area (Å²) in [6.45, 7) is 6.19. The smallest absolute Gasteiger partial charge is 0.388 e. The molecule has 2 aliphatic rings. The second kappa shape index (κ2) is 6.33. The first kappa shape index (κ1) is 16.3. The normalized spacial score (nSPS) is 35.8. The van der Waals surface area contributed by atoms with Crippen molar-refractivity contribution in [2.75, 3.05) is 6.61 Å². The average Bonchev–Trinajstić information content (AvgIpc) is 2.39. The first-order valence-corrected chi connectivity index (χ1v) is 11.8. The molecule has 2 fully saturated rings. The van der Waals surface area contributed by atoms with Crippen LogP contribution in [0.5, 0.6) is 0 Å². The van der Waals surface area contributed by atoms with Crippen molar-refractivity contribution in [3.63, 3.8) is 0 Å². The van der Waals surface area contributed by atoms with E-state index >= 15 is 0 Å². The SMILES string of the molecule is C=C(C)C1CCC[Si](C[SiH]2CCCCO2)(C(F)(F)F)O1. The Labute approximate surface area is 121 Å². The molecule has 0 radical (unpaired) electrons. The lowest BCUT2D eigenvalue weighted by Crippen LogP contribution is -2.59. The van der Waals surface area contributed by atoms with Crippen molar-refractivity contribution in [2.24, 2.45) is 0 Å². The molecule has 7 heteroatoms. The standard InChI is InChI=1S/C13H23F3O2Si2/c1-11(2)12-6-5-9-20(18-12,13(14,15)16)10-19-8-4-3-7-17-19/h12,19H,1,3-10H2,2H3. The van der Waals surface area contributed by atoms with E-state index in [0.717, 1.165) is 24.5 Å². The number of hydrogen-bond donors (Lipinski definition) is 0. The molecule has 0 aromatic rings. The van der Waals surface area contributed by atoms with E-state index < -0.39 is 29.3 Å². The fourth-order valence-electron chi connectivity index (χ4n) is 3.12. The number of halogens is 3. The molecule has 2 nitrogen and oxygen atoms in total. The van der Waals surface area contributed by atoms with Gasteiger partial charge in [-0.25, -0.2) is 0 Å². The first-order valence-electron chi connectivity index (χ1n) is 7.36. The van der Waals surface area contributed by atoms with Gasteiger partial charge in [0, 0.05) is 6.61 Å². The Balaban J connectivity index is 2.14. The van der Waals surface area contributed by atoms with Gasteiger partial charge in [-0.15, -0.1) is 0 Å². The molecule has 0 amide bonds. The highest BCUT2D eigenvalue weighted by Crippen LogP contribution is 2.43. The van der Waals surface area contributed by atoms with Crippen LogP contribution >= 0.6 is 0 Å². The molecule has 0 bridgehead atoms. The second-order valence-electron chi connectivity index (χ2n) is 6.03. The minimum atomic E-state index is -4.19. The summed E-state index contributed by atoms with van der Waals surface area (Å²) >= 11 is 0. The summed E-state index contributed by atoms with van der Waals surface area (Å²) in [5, 5.41) is 0. The maximum absolute atomic E-state index is 13.7. The van der Waals surface area contributed by atoms with Crippen LogP contribution in [0.2, 0.25) is 17.8 Å². The van der Waals surface area contributed by atoms with E-state index in [-0.39, 0.29) is 11.7 Å². The van der Waals surface area contributed by atoms with Crippen LogP contribution < -0.4 is 0 Å². The van der Waals surface area contributed by atoms with Crippen LogP contribution in [0.1, 0.15) is 32.6 Å². The Hall–Kier alpha value is -0.116. The van der Waals surface area contributed by atoms with Gasteiger partial charge < -0.3 is 8.85 Å². The molecule has 0 saturated carbocycles. The molecule has 0 N–H and O–H groups in total. The Bertz CT molecular complexity index is 356. The van der Waals surface area contributed by atoms with E-state index in [1.807, 2.05) is 0 Å². The minimum Gasteiger partial charge on any atom is -0.420 e. The molecule has 0 aromatic heterocycles. The van der Waals surface area contributed by atoms with Gasteiger partial charge in [0.25, 0.3) is 0 Å². The fourth-order valence-corrected chi connectivity index (χ4v) is 13.1. The summed E-state index contributed by atoms with van der Waals surface area (Å²) in [4.78, 5) is 0. The third-order valence-electron chi connectivity index (χ3n) is 4.31. The van der Waals surface area contributed by atoms with Crippen molar-refractivity contribution >= 4 is 17.4 Å². The van der Waals surface area contributed by atoms with Gasteiger partial charge in [-0.1, -0.05) is 25.0 Å². The summed E-state index contributed by atoms with van der Waals surface area (Å²) in [7, 11) is -5.46. The predicted molar refractivity (Wildman–Crippen MR) is 77.5 cm³/mol. The lowest BCUT2D eigenvalue weighted by molar-refractivity contribution is -0.0813. The van der Waals surface area contributed by atoms with Gasteiger partial charge in [0.05, 0.1) is 6.10 Å². The monoisotopic (exact) mass is 324 g/mol. The number of hydrogen-bond acceptors (Lipinski definition) is 2.